The molecule has 0 bridgehead atoms. The number of carbonyl (C=O) groups is 2. The topological polar surface area (TPSA) is 115 Å². The van der Waals surface area contributed by atoms with Crippen LogP contribution in [0.2, 0.25) is 0 Å². The second-order valence-corrected chi connectivity index (χ2v) is 5.31. The lowest BCUT2D eigenvalue weighted by molar-refractivity contribution is -0.118. The highest BCUT2D eigenvalue weighted by Crippen LogP contribution is 2.29. The summed E-state index contributed by atoms with van der Waals surface area (Å²) in [5.41, 5.74) is 7.87. The summed E-state index contributed by atoms with van der Waals surface area (Å²) in [5.74, 6) is -0.444. The molecule has 0 aliphatic carbocycles. The van der Waals surface area contributed by atoms with Gasteiger partial charge in [0.15, 0.2) is 6.61 Å². The van der Waals surface area contributed by atoms with Crippen LogP contribution in [-0.2, 0) is 4.79 Å². The number of nitrogens with zero attached hydrogens (tertiary/aromatic N) is 1. The maximum atomic E-state index is 10.8. The first-order chi connectivity index (χ1) is 12.0. The molecule has 1 aliphatic rings. The molecular formula is C18H15N3O4. The van der Waals surface area contributed by atoms with Gasteiger partial charge in [-0.15, -0.1) is 0 Å². The zero-order chi connectivity index (χ0) is 17.8. The number of carbonyl (C=O) groups excluding carboxylic acids is 1. The van der Waals surface area contributed by atoms with Crippen LogP contribution in [0.25, 0.3) is 10.9 Å². The van der Waals surface area contributed by atoms with E-state index in [0.29, 0.717) is 17.1 Å². The third-order valence-corrected chi connectivity index (χ3v) is 3.48. The van der Waals surface area contributed by atoms with Crippen molar-refractivity contribution in [2.45, 2.75) is 0 Å². The molecule has 0 radical (unpaired) electrons. The van der Waals surface area contributed by atoms with E-state index < -0.39 is 5.97 Å². The van der Waals surface area contributed by atoms with Gasteiger partial charge in [0.25, 0.3) is 5.91 Å². The Morgan fingerprint density at radius 3 is 2.80 bits per heavy atom. The Morgan fingerprint density at radius 1 is 1.20 bits per heavy atom. The van der Waals surface area contributed by atoms with Crippen LogP contribution in [0.5, 0.6) is 5.75 Å². The smallest absolute Gasteiger partial charge is 0.337 e. The minimum atomic E-state index is -0.946. The number of ether oxygens (including phenoxy) is 1. The summed E-state index contributed by atoms with van der Waals surface area (Å²) in [6.07, 6.45) is 1.37. The van der Waals surface area contributed by atoms with Crippen molar-refractivity contribution in [2.75, 3.05) is 17.7 Å². The molecule has 25 heavy (non-hydrogen) atoms. The standard InChI is InChI=1S/C10H7NO2.C8H8N2O2/c12-10(13)8-5-7-3-1-2-4-9(7)11-6-8;9-5-1-2-6-7(3-5)12-4-8(11)10-6/h1-6H,(H,12,13);1-3H,4,9H2,(H,10,11). The van der Waals surface area contributed by atoms with Gasteiger partial charge in [-0.25, -0.2) is 4.79 Å². The summed E-state index contributed by atoms with van der Waals surface area (Å²) in [4.78, 5) is 25.5. The van der Waals surface area contributed by atoms with E-state index >= 15 is 0 Å². The molecule has 0 spiro atoms. The van der Waals surface area contributed by atoms with Crippen molar-refractivity contribution >= 4 is 34.2 Å². The van der Waals surface area contributed by atoms with Gasteiger partial charge >= 0.3 is 5.97 Å². The van der Waals surface area contributed by atoms with Crippen LogP contribution >= 0.6 is 0 Å². The molecule has 0 saturated heterocycles. The third-order valence-electron chi connectivity index (χ3n) is 3.48. The molecule has 4 rings (SSSR count). The third kappa shape index (κ3) is 3.84. The average Bonchev–Trinajstić information content (AvgIpc) is 2.62. The van der Waals surface area contributed by atoms with Crippen molar-refractivity contribution in [2.24, 2.45) is 0 Å². The molecule has 7 nitrogen and oxygen atoms in total. The molecule has 1 aliphatic heterocycles. The monoisotopic (exact) mass is 337 g/mol. The summed E-state index contributed by atoms with van der Waals surface area (Å²) < 4.78 is 5.12. The van der Waals surface area contributed by atoms with Gasteiger partial charge < -0.3 is 20.9 Å². The lowest BCUT2D eigenvalue weighted by Gasteiger charge is -2.17. The van der Waals surface area contributed by atoms with Crippen LogP contribution < -0.4 is 15.8 Å². The molecule has 0 atom stereocenters. The van der Waals surface area contributed by atoms with Crippen LogP contribution in [-0.4, -0.2) is 28.6 Å². The highest BCUT2D eigenvalue weighted by atomic mass is 16.5. The first kappa shape index (κ1) is 16.3. The van der Waals surface area contributed by atoms with E-state index in [1.807, 2.05) is 24.3 Å². The summed E-state index contributed by atoms with van der Waals surface area (Å²) >= 11 is 0. The fourth-order valence-corrected chi connectivity index (χ4v) is 2.28. The van der Waals surface area contributed by atoms with Crippen LogP contribution in [0.4, 0.5) is 11.4 Å². The van der Waals surface area contributed by atoms with Crippen molar-refractivity contribution in [3.63, 3.8) is 0 Å². The van der Waals surface area contributed by atoms with Gasteiger partial charge in [-0.2, -0.15) is 0 Å². The van der Waals surface area contributed by atoms with Gasteiger partial charge in [0.05, 0.1) is 16.8 Å². The number of amides is 1. The number of rotatable bonds is 1. The summed E-state index contributed by atoms with van der Waals surface area (Å²) in [5, 5.41) is 12.2. The Bertz CT molecular complexity index is 956. The van der Waals surface area contributed by atoms with Gasteiger partial charge in [0.1, 0.15) is 5.75 Å². The molecule has 1 amide bonds. The zero-order valence-electron chi connectivity index (χ0n) is 13.1. The van der Waals surface area contributed by atoms with E-state index in [-0.39, 0.29) is 18.1 Å². The van der Waals surface area contributed by atoms with Gasteiger partial charge in [-0.3, -0.25) is 9.78 Å². The number of nitrogens with one attached hydrogen (secondary N) is 1. The number of fused-ring (bicyclic) bond motifs is 2. The molecule has 3 aromatic rings. The first-order valence-electron chi connectivity index (χ1n) is 7.43. The molecule has 0 saturated carbocycles. The number of aromatic carboxylic acids is 1. The maximum absolute atomic E-state index is 10.8. The molecule has 2 heterocycles. The number of aromatic nitrogens is 1. The highest BCUT2D eigenvalue weighted by Gasteiger charge is 2.14. The van der Waals surface area contributed by atoms with E-state index in [1.54, 1.807) is 24.3 Å². The number of para-hydroxylation sites is 1. The fraction of sp³-hybridized carbons (Fsp3) is 0.0556. The van der Waals surface area contributed by atoms with Crippen LogP contribution in [0.1, 0.15) is 10.4 Å². The van der Waals surface area contributed by atoms with Gasteiger partial charge in [0.2, 0.25) is 0 Å². The second-order valence-electron chi connectivity index (χ2n) is 5.31. The van der Waals surface area contributed by atoms with Crippen LogP contribution in [0.3, 0.4) is 0 Å². The number of anilines is 2. The lowest BCUT2D eigenvalue weighted by Crippen LogP contribution is -2.25. The summed E-state index contributed by atoms with van der Waals surface area (Å²) in [6, 6.07) is 14.2. The molecule has 126 valence electrons. The predicted octanol–water partition coefficient (Wildman–Crippen LogP) is 2.53. The Hall–Kier alpha value is -3.61. The number of hydrogen-bond acceptors (Lipinski definition) is 5. The Morgan fingerprint density at radius 2 is 2.00 bits per heavy atom. The lowest BCUT2D eigenvalue weighted by atomic mass is 10.2. The summed E-state index contributed by atoms with van der Waals surface area (Å²) in [6.45, 7) is 0.0659. The number of nitrogens with two attached hydrogens (primary N) is 1. The van der Waals surface area contributed by atoms with E-state index in [4.69, 9.17) is 15.6 Å². The van der Waals surface area contributed by atoms with Crippen molar-refractivity contribution in [1.29, 1.82) is 0 Å². The number of carboxylic acids is 1. The van der Waals surface area contributed by atoms with Crippen LogP contribution in [0.15, 0.2) is 54.7 Å². The van der Waals surface area contributed by atoms with Gasteiger partial charge in [-0.1, -0.05) is 18.2 Å². The number of nitrogen functional groups attached to an aromatic ring is 1. The average molecular weight is 337 g/mol. The van der Waals surface area contributed by atoms with E-state index in [1.165, 1.54) is 6.20 Å². The minimum Gasteiger partial charge on any atom is -0.482 e. The quantitative estimate of drug-likeness (QED) is 0.588. The normalized spacial score (nSPS) is 12.2. The second kappa shape index (κ2) is 6.88. The van der Waals surface area contributed by atoms with Gasteiger partial charge in [0, 0.05) is 23.3 Å². The van der Waals surface area contributed by atoms with Crippen molar-refractivity contribution in [1.82, 2.24) is 4.98 Å². The number of pyridine rings is 1. The molecular weight excluding hydrogens is 322 g/mol. The van der Waals surface area contributed by atoms with E-state index in [2.05, 4.69) is 10.3 Å². The highest BCUT2D eigenvalue weighted by molar-refractivity contribution is 5.95. The molecule has 7 heteroatoms. The maximum Gasteiger partial charge on any atom is 0.337 e. The number of carboxylic acid groups (broad SMARTS) is 1. The first-order valence-corrected chi connectivity index (χ1v) is 7.43. The van der Waals surface area contributed by atoms with Crippen molar-refractivity contribution < 1.29 is 19.4 Å². The Kier molecular flexibility index (Phi) is 4.47. The van der Waals surface area contributed by atoms with Crippen LogP contribution in [0, 0.1) is 0 Å². The Balaban J connectivity index is 0.000000146. The fourth-order valence-electron chi connectivity index (χ4n) is 2.28. The summed E-state index contributed by atoms with van der Waals surface area (Å²) in [7, 11) is 0. The molecule has 0 unspecified atom stereocenters. The molecule has 0 fully saturated rings. The minimum absolute atomic E-state index is 0.0659. The largest absolute Gasteiger partial charge is 0.482 e. The zero-order valence-corrected chi connectivity index (χ0v) is 13.1. The number of benzene rings is 2. The molecule has 4 N–H and O–H groups in total. The van der Waals surface area contributed by atoms with Crippen molar-refractivity contribution in [3.05, 3.63) is 60.3 Å². The van der Waals surface area contributed by atoms with Gasteiger partial charge in [-0.05, 0) is 24.3 Å². The predicted molar refractivity (Wildman–Crippen MR) is 93.7 cm³/mol. The van der Waals surface area contributed by atoms with E-state index in [0.717, 1.165) is 10.9 Å². The SMILES string of the molecule is Nc1ccc2c(c1)OCC(=O)N2.O=C(O)c1cnc2ccccc2c1. The Labute approximate surface area is 143 Å². The van der Waals surface area contributed by atoms with Crippen molar-refractivity contribution in [3.8, 4) is 5.75 Å². The number of hydrogen-bond donors (Lipinski definition) is 3. The molecule has 1 aromatic heterocycles. The van der Waals surface area contributed by atoms with E-state index in [9.17, 15) is 9.59 Å². The molecule has 2 aromatic carbocycles.